The first-order chi connectivity index (χ1) is 12.7. The van der Waals surface area contributed by atoms with Gasteiger partial charge in [0.15, 0.2) is 5.82 Å². The summed E-state index contributed by atoms with van der Waals surface area (Å²) in [6, 6.07) is 3.89. The molecule has 0 aromatic carbocycles. The molecule has 0 saturated carbocycles. The molecule has 1 aliphatic heterocycles. The topological polar surface area (TPSA) is 80.2 Å². The minimum absolute atomic E-state index is 0.00789. The number of hydrogen-bond acceptors (Lipinski definition) is 6. The quantitative estimate of drug-likeness (QED) is 0.817. The lowest BCUT2D eigenvalue weighted by atomic mass is 10.1. The number of carbonyl (C=O) groups excluding carboxylic acids is 1. The molecule has 2 aromatic rings. The van der Waals surface area contributed by atoms with E-state index in [9.17, 15) is 4.79 Å². The summed E-state index contributed by atoms with van der Waals surface area (Å²) >= 11 is 0. The number of nitrogens with zero attached hydrogens (tertiary/aromatic N) is 4. The van der Waals surface area contributed by atoms with Crippen LogP contribution in [0.3, 0.4) is 0 Å². The van der Waals surface area contributed by atoms with Crippen molar-refractivity contribution in [1.29, 1.82) is 0 Å². The van der Waals surface area contributed by atoms with Crippen LogP contribution in [0, 0.1) is 0 Å². The van der Waals surface area contributed by atoms with Crippen molar-refractivity contribution in [1.82, 2.24) is 25.2 Å². The summed E-state index contributed by atoms with van der Waals surface area (Å²) < 4.78 is 5.69. The maximum atomic E-state index is 12.1. The largest absolute Gasteiger partial charge is 0.370 e. The summed E-state index contributed by atoms with van der Waals surface area (Å²) in [5.41, 5.74) is 1.96. The zero-order chi connectivity index (χ0) is 18.2. The number of nitrogens with one attached hydrogen (secondary N) is 1. The average Bonchev–Trinajstić information content (AvgIpc) is 2.68. The SMILES string of the molecule is CN(CC(=O)NCc1cnc(C2CCCCO2)nc1)Cc1cccnc1. The molecule has 0 radical (unpaired) electrons. The molecule has 1 aliphatic rings. The minimum Gasteiger partial charge on any atom is -0.370 e. The van der Waals surface area contributed by atoms with Gasteiger partial charge < -0.3 is 10.1 Å². The van der Waals surface area contributed by atoms with Gasteiger partial charge in [-0.25, -0.2) is 9.97 Å². The van der Waals surface area contributed by atoms with E-state index in [4.69, 9.17) is 4.74 Å². The summed E-state index contributed by atoms with van der Waals surface area (Å²) in [5, 5.41) is 2.91. The Bertz CT molecular complexity index is 687. The van der Waals surface area contributed by atoms with E-state index in [2.05, 4.69) is 20.3 Å². The third kappa shape index (κ3) is 5.57. The third-order valence-electron chi connectivity index (χ3n) is 4.27. The Morgan fingerprint density at radius 2 is 2.12 bits per heavy atom. The molecule has 26 heavy (non-hydrogen) atoms. The van der Waals surface area contributed by atoms with Crippen LogP contribution < -0.4 is 5.32 Å². The molecule has 2 aromatic heterocycles. The molecule has 1 fully saturated rings. The molecule has 0 spiro atoms. The van der Waals surface area contributed by atoms with E-state index in [1.165, 1.54) is 0 Å². The van der Waals surface area contributed by atoms with Crippen molar-refractivity contribution in [3.05, 3.63) is 53.9 Å². The molecule has 3 heterocycles. The van der Waals surface area contributed by atoms with Crippen LogP contribution >= 0.6 is 0 Å². The van der Waals surface area contributed by atoms with Crippen LogP contribution in [-0.2, 0) is 22.6 Å². The van der Waals surface area contributed by atoms with E-state index < -0.39 is 0 Å². The molecule has 1 N–H and O–H groups in total. The van der Waals surface area contributed by atoms with E-state index in [1.807, 2.05) is 30.3 Å². The third-order valence-corrected chi connectivity index (χ3v) is 4.27. The van der Waals surface area contributed by atoms with Crippen LogP contribution in [0.2, 0.25) is 0 Å². The number of aromatic nitrogens is 3. The van der Waals surface area contributed by atoms with E-state index in [0.717, 1.165) is 42.8 Å². The fourth-order valence-electron chi connectivity index (χ4n) is 2.93. The van der Waals surface area contributed by atoms with Crippen LogP contribution in [0.4, 0.5) is 0 Å². The first-order valence-corrected chi connectivity index (χ1v) is 8.97. The van der Waals surface area contributed by atoms with Gasteiger partial charge in [-0.05, 0) is 37.9 Å². The second-order valence-corrected chi connectivity index (χ2v) is 6.62. The second kappa shape index (κ2) is 9.35. The van der Waals surface area contributed by atoms with Crippen molar-refractivity contribution in [2.45, 2.75) is 38.5 Å². The Hall–Kier alpha value is -2.38. The normalized spacial score (nSPS) is 17.2. The molecule has 1 unspecified atom stereocenters. The first-order valence-electron chi connectivity index (χ1n) is 8.97. The Morgan fingerprint density at radius 3 is 2.81 bits per heavy atom. The molecule has 138 valence electrons. The minimum atomic E-state index is -0.0314. The molecule has 7 nitrogen and oxygen atoms in total. The van der Waals surface area contributed by atoms with Crippen LogP contribution in [0.25, 0.3) is 0 Å². The number of ether oxygens (including phenoxy) is 1. The van der Waals surface area contributed by atoms with Crippen molar-refractivity contribution in [3.63, 3.8) is 0 Å². The fraction of sp³-hybridized carbons (Fsp3) is 0.474. The number of amides is 1. The van der Waals surface area contributed by atoms with Crippen molar-refractivity contribution in [2.75, 3.05) is 20.2 Å². The highest BCUT2D eigenvalue weighted by Crippen LogP contribution is 2.24. The summed E-state index contributed by atoms with van der Waals surface area (Å²) in [6.45, 7) is 2.20. The maximum absolute atomic E-state index is 12.1. The standard InChI is InChI=1S/C19H25N5O2/c1-24(13-15-5-4-7-20-9-15)14-18(25)21-10-16-11-22-19(23-12-16)17-6-2-3-8-26-17/h4-5,7,9,11-12,17H,2-3,6,8,10,13-14H2,1H3,(H,21,25). The lowest BCUT2D eigenvalue weighted by molar-refractivity contribution is -0.122. The number of carbonyl (C=O) groups is 1. The van der Waals surface area contributed by atoms with E-state index in [1.54, 1.807) is 18.6 Å². The molecule has 3 rings (SSSR count). The van der Waals surface area contributed by atoms with Gasteiger partial charge in [0.05, 0.1) is 6.54 Å². The molecule has 7 heteroatoms. The molecule has 0 aliphatic carbocycles. The van der Waals surface area contributed by atoms with Crippen LogP contribution in [0.15, 0.2) is 36.9 Å². The fourth-order valence-corrected chi connectivity index (χ4v) is 2.93. The Kier molecular flexibility index (Phi) is 6.62. The van der Waals surface area contributed by atoms with E-state index >= 15 is 0 Å². The highest BCUT2D eigenvalue weighted by atomic mass is 16.5. The maximum Gasteiger partial charge on any atom is 0.234 e. The molecule has 1 saturated heterocycles. The van der Waals surface area contributed by atoms with Crippen LogP contribution in [0.5, 0.6) is 0 Å². The summed E-state index contributed by atoms with van der Waals surface area (Å²) in [4.78, 5) is 26.9. The van der Waals surface area contributed by atoms with Gasteiger partial charge in [-0.2, -0.15) is 0 Å². The van der Waals surface area contributed by atoms with Crippen molar-refractivity contribution in [3.8, 4) is 0 Å². The second-order valence-electron chi connectivity index (χ2n) is 6.62. The zero-order valence-electron chi connectivity index (χ0n) is 15.1. The molecule has 1 atom stereocenters. The number of hydrogen-bond donors (Lipinski definition) is 1. The predicted molar refractivity (Wildman–Crippen MR) is 97.0 cm³/mol. The lowest BCUT2D eigenvalue weighted by Crippen LogP contribution is -2.34. The Morgan fingerprint density at radius 1 is 1.27 bits per heavy atom. The van der Waals surface area contributed by atoms with Crippen molar-refractivity contribution in [2.24, 2.45) is 0 Å². The zero-order valence-corrected chi connectivity index (χ0v) is 15.1. The van der Waals surface area contributed by atoms with E-state index in [0.29, 0.717) is 19.6 Å². The Balaban J connectivity index is 1.42. The van der Waals surface area contributed by atoms with Gasteiger partial charge in [0.25, 0.3) is 0 Å². The van der Waals surface area contributed by atoms with Crippen LogP contribution in [0.1, 0.15) is 42.3 Å². The summed E-state index contributed by atoms with van der Waals surface area (Å²) in [7, 11) is 1.91. The smallest absolute Gasteiger partial charge is 0.234 e. The van der Waals surface area contributed by atoms with Gasteiger partial charge in [-0.15, -0.1) is 0 Å². The van der Waals surface area contributed by atoms with Gasteiger partial charge >= 0.3 is 0 Å². The van der Waals surface area contributed by atoms with Gasteiger partial charge in [0.1, 0.15) is 6.10 Å². The summed E-state index contributed by atoms with van der Waals surface area (Å²) in [5.74, 6) is 0.701. The summed E-state index contributed by atoms with van der Waals surface area (Å²) in [6.07, 6.45) is 10.3. The molecular weight excluding hydrogens is 330 g/mol. The first kappa shape index (κ1) is 18.4. The van der Waals surface area contributed by atoms with Gasteiger partial charge in [0.2, 0.25) is 5.91 Å². The van der Waals surface area contributed by atoms with Gasteiger partial charge in [0, 0.05) is 50.0 Å². The number of pyridine rings is 1. The van der Waals surface area contributed by atoms with Gasteiger partial charge in [-0.3, -0.25) is 14.7 Å². The van der Waals surface area contributed by atoms with Crippen molar-refractivity contribution < 1.29 is 9.53 Å². The lowest BCUT2D eigenvalue weighted by Gasteiger charge is -2.21. The van der Waals surface area contributed by atoms with E-state index in [-0.39, 0.29) is 12.0 Å². The molecule has 0 bridgehead atoms. The predicted octanol–water partition coefficient (Wildman–Crippen LogP) is 1.86. The highest BCUT2D eigenvalue weighted by molar-refractivity contribution is 5.77. The average molecular weight is 355 g/mol. The molecule has 1 amide bonds. The van der Waals surface area contributed by atoms with Gasteiger partial charge in [-0.1, -0.05) is 6.07 Å². The monoisotopic (exact) mass is 355 g/mol. The van der Waals surface area contributed by atoms with Crippen molar-refractivity contribution >= 4 is 5.91 Å². The molecular formula is C19H25N5O2. The number of likely N-dealkylation sites (N-methyl/N-ethyl adjacent to an activating group) is 1. The number of rotatable bonds is 7. The van der Waals surface area contributed by atoms with Crippen LogP contribution in [-0.4, -0.2) is 46.0 Å². The Labute approximate surface area is 153 Å². The highest BCUT2D eigenvalue weighted by Gasteiger charge is 2.18.